The molecule has 1 fully saturated rings. The smallest absolute Gasteiger partial charge is 0.123 e. The Morgan fingerprint density at radius 2 is 1.62 bits per heavy atom. The van der Waals surface area contributed by atoms with Gasteiger partial charge in [-0.2, -0.15) is 25.3 Å². The number of aromatic hydroxyl groups is 1. The lowest BCUT2D eigenvalue weighted by Crippen LogP contribution is -1.93. The maximum atomic E-state index is 9.94. The maximum absolute atomic E-state index is 9.94. The summed E-state index contributed by atoms with van der Waals surface area (Å²) in [6, 6.07) is 4.15. The normalized spacial score (nSPS) is 16.9. The van der Waals surface area contributed by atoms with E-state index in [1.54, 1.807) is 0 Å². The zero-order valence-corrected chi connectivity index (χ0v) is 12.1. The third-order valence-electron chi connectivity index (χ3n) is 2.52. The van der Waals surface area contributed by atoms with Crippen molar-refractivity contribution >= 4 is 48.8 Å². The highest BCUT2D eigenvalue weighted by Crippen LogP contribution is 2.46. The van der Waals surface area contributed by atoms with Gasteiger partial charge in [-0.05, 0) is 17.7 Å². The molecule has 2 rings (SSSR count). The van der Waals surface area contributed by atoms with Crippen molar-refractivity contribution in [2.75, 3.05) is 11.5 Å². The predicted octanol–water partition coefficient (Wildman–Crippen LogP) is 3.73. The highest BCUT2D eigenvalue weighted by atomic mass is 32.2. The van der Waals surface area contributed by atoms with Crippen molar-refractivity contribution in [2.45, 2.75) is 16.1 Å². The summed E-state index contributed by atoms with van der Waals surface area (Å²) in [5.41, 5.74) is 3.12. The number of benzene rings is 1. The SMILES string of the molecule is Oc1c(CS)cc(C2SCCS2)cc1CS. The van der Waals surface area contributed by atoms with Crippen molar-refractivity contribution in [2.24, 2.45) is 0 Å². The van der Waals surface area contributed by atoms with Crippen molar-refractivity contribution in [3.8, 4) is 5.75 Å². The topological polar surface area (TPSA) is 20.2 Å². The van der Waals surface area contributed by atoms with Gasteiger partial charge in [0.1, 0.15) is 5.75 Å². The monoisotopic (exact) mass is 290 g/mol. The number of phenolic OH excluding ortho intramolecular Hbond substituents is 1. The van der Waals surface area contributed by atoms with E-state index in [2.05, 4.69) is 37.4 Å². The Labute approximate surface area is 116 Å². The molecule has 0 aliphatic carbocycles. The van der Waals surface area contributed by atoms with Crippen LogP contribution in [0.5, 0.6) is 5.75 Å². The Morgan fingerprint density at radius 1 is 1.12 bits per heavy atom. The average Bonchev–Trinajstić information content (AvgIpc) is 2.83. The van der Waals surface area contributed by atoms with Gasteiger partial charge >= 0.3 is 0 Å². The van der Waals surface area contributed by atoms with Gasteiger partial charge in [-0.15, -0.1) is 23.5 Å². The Morgan fingerprint density at radius 3 is 2.06 bits per heavy atom. The van der Waals surface area contributed by atoms with Gasteiger partial charge in [-0.3, -0.25) is 0 Å². The molecular formula is C11H14OS4. The molecule has 0 spiro atoms. The van der Waals surface area contributed by atoms with E-state index in [0.29, 0.717) is 21.8 Å². The van der Waals surface area contributed by atoms with Gasteiger partial charge in [-0.25, -0.2) is 0 Å². The third kappa shape index (κ3) is 2.63. The lowest BCUT2D eigenvalue weighted by molar-refractivity contribution is 0.466. The van der Waals surface area contributed by atoms with Crippen LogP contribution in [-0.2, 0) is 11.5 Å². The van der Waals surface area contributed by atoms with Crippen molar-refractivity contribution < 1.29 is 5.11 Å². The summed E-state index contributed by atoms with van der Waals surface area (Å²) in [5.74, 6) is 3.93. The largest absolute Gasteiger partial charge is 0.507 e. The number of thioether (sulfide) groups is 2. The molecule has 1 N–H and O–H groups in total. The quantitative estimate of drug-likeness (QED) is 0.738. The lowest BCUT2D eigenvalue weighted by atomic mass is 10.1. The van der Waals surface area contributed by atoms with Crippen LogP contribution in [0.4, 0.5) is 0 Å². The van der Waals surface area contributed by atoms with E-state index in [4.69, 9.17) is 0 Å². The van der Waals surface area contributed by atoms with Crippen molar-refractivity contribution in [3.63, 3.8) is 0 Å². The van der Waals surface area contributed by atoms with E-state index in [1.807, 2.05) is 23.5 Å². The number of hydrogen-bond acceptors (Lipinski definition) is 5. The van der Waals surface area contributed by atoms with Gasteiger partial charge in [0, 0.05) is 34.1 Å². The summed E-state index contributed by atoms with van der Waals surface area (Å²) in [6.07, 6.45) is 0. The zero-order chi connectivity index (χ0) is 11.5. The first-order valence-electron chi connectivity index (χ1n) is 5.06. The molecule has 1 aromatic carbocycles. The van der Waals surface area contributed by atoms with Gasteiger partial charge in [-0.1, -0.05) is 0 Å². The lowest BCUT2D eigenvalue weighted by Gasteiger charge is -2.14. The Bertz CT molecular complexity index is 349. The minimum atomic E-state index is 0.363. The standard InChI is InChI=1S/C11H14OS4/c12-10-8(5-13)3-7(4-9(10)6-14)11-15-1-2-16-11/h3-4,11-14H,1-2,5-6H2. The molecule has 1 aliphatic rings. The van der Waals surface area contributed by atoms with Crippen LogP contribution in [0.2, 0.25) is 0 Å². The fourth-order valence-corrected chi connectivity index (χ4v) is 5.01. The number of hydrogen-bond donors (Lipinski definition) is 3. The van der Waals surface area contributed by atoms with E-state index in [1.165, 1.54) is 17.1 Å². The fourth-order valence-electron chi connectivity index (χ4n) is 1.71. The molecule has 88 valence electrons. The molecule has 1 heterocycles. The first kappa shape index (κ1) is 12.9. The van der Waals surface area contributed by atoms with E-state index < -0.39 is 0 Å². The molecule has 0 aromatic heterocycles. The minimum Gasteiger partial charge on any atom is -0.507 e. The molecule has 1 saturated heterocycles. The highest BCUT2D eigenvalue weighted by Gasteiger charge is 2.20. The molecule has 0 atom stereocenters. The molecule has 0 radical (unpaired) electrons. The van der Waals surface area contributed by atoms with Crippen LogP contribution in [0.15, 0.2) is 12.1 Å². The number of phenols is 1. The second-order valence-electron chi connectivity index (χ2n) is 3.58. The van der Waals surface area contributed by atoms with E-state index in [0.717, 1.165) is 11.1 Å². The van der Waals surface area contributed by atoms with E-state index in [9.17, 15) is 5.11 Å². The second-order valence-corrected chi connectivity index (χ2v) is 6.93. The Balaban J connectivity index is 2.37. The first-order chi connectivity index (χ1) is 7.76. The third-order valence-corrected chi connectivity index (χ3v) is 6.31. The summed E-state index contributed by atoms with van der Waals surface area (Å²) in [6.45, 7) is 0. The summed E-state index contributed by atoms with van der Waals surface area (Å²) < 4.78 is 0.512. The van der Waals surface area contributed by atoms with Gasteiger partial charge in [0.15, 0.2) is 0 Å². The summed E-state index contributed by atoms with van der Waals surface area (Å²) in [7, 11) is 0. The minimum absolute atomic E-state index is 0.363. The molecule has 0 saturated carbocycles. The number of thiol groups is 2. The van der Waals surface area contributed by atoms with Gasteiger partial charge in [0.2, 0.25) is 0 Å². The fraction of sp³-hybridized carbons (Fsp3) is 0.455. The second kappa shape index (κ2) is 5.85. The van der Waals surface area contributed by atoms with Crippen molar-refractivity contribution in [1.29, 1.82) is 0 Å². The first-order valence-corrected chi connectivity index (χ1v) is 8.42. The summed E-state index contributed by atoms with van der Waals surface area (Å²) in [4.78, 5) is 0. The van der Waals surface area contributed by atoms with Crippen molar-refractivity contribution in [3.05, 3.63) is 28.8 Å². The molecule has 0 amide bonds. The van der Waals surface area contributed by atoms with Crippen molar-refractivity contribution in [1.82, 2.24) is 0 Å². The van der Waals surface area contributed by atoms with Crippen LogP contribution < -0.4 is 0 Å². The van der Waals surface area contributed by atoms with Crippen LogP contribution in [0.25, 0.3) is 0 Å². The molecular weight excluding hydrogens is 276 g/mol. The zero-order valence-electron chi connectivity index (χ0n) is 8.72. The van der Waals surface area contributed by atoms with Crippen LogP contribution in [0.3, 0.4) is 0 Å². The maximum Gasteiger partial charge on any atom is 0.123 e. The Kier molecular flexibility index (Phi) is 4.70. The van der Waals surface area contributed by atoms with Crippen LogP contribution >= 0.6 is 48.8 Å². The molecule has 16 heavy (non-hydrogen) atoms. The highest BCUT2D eigenvalue weighted by molar-refractivity contribution is 8.19. The van der Waals surface area contributed by atoms with E-state index in [-0.39, 0.29) is 0 Å². The van der Waals surface area contributed by atoms with Gasteiger partial charge in [0.05, 0.1) is 4.58 Å². The molecule has 1 nitrogen and oxygen atoms in total. The molecule has 0 bridgehead atoms. The molecule has 5 heteroatoms. The summed E-state index contributed by atoms with van der Waals surface area (Å²) in [5, 5.41) is 9.94. The molecule has 1 aromatic rings. The van der Waals surface area contributed by atoms with Gasteiger partial charge in [0.25, 0.3) is 0 Å². The Hall–Kier alpha value is 0.420. The van der Waals surface area contributed by atoms with Gasteiger partial charge < -0.3 is 5.11 Å². The number of rotatable bonds is 3. The van der Waals surface area contributed by atoms with Crippen LogP contribution in [-0.4, -0.2) is 16.6 Å². The summed E-state index contributed by atoms with van der Waals surface area (Å²) >= 11 is 12.5. The van der Waals surface area contributed by atoms with Crippen LogP contribution in [0, 0.1) is 0 Å². The van der Waals surface area contributed by atoms with E-state index >= 15 is 0 Å². The predicted molar refractivity (Wildman–Crippen MR) is 81.1 cm³/mol. The average molecular weight is 290 g/mol. The molecule has 0 unspecified atom stereocenters. The van der Waals surface area contributed by atoms with Crippen LogP contribution in [0.1, 0.15) is 21.3 Å². The molecule has 1 aliphatic heterocycles.